The van der Waals surface area contributed by atoms with Gasteiger partial charge in [-0.15, -0.1) is 0 Å². The molecule has 2 heterocycles. The van der Waals surface area contributed by atoms with Crippen LogP contribution in [0, 0.1) is 11.3 Å². The zero-order valence-corrected chi connectivity index (χ0v) is 10.9. The van der Waals surface area contributed by atoms with E-state index in [0.717, 1.165) is 5.56 Å². The first kappa shape index (κ1) is 12.9. The van der Waals surface area contributed by atoms with Crippen LogP contribution >= 0.6 is 0 Å². The van der Waals surface area contributed by atoms with Crippen LogP contribution in [0.2, 0.25) is 0 Å². The molecule has 0 N–H and O–H groups in total. The molecule has 1 aliphatic heterocycles. The summed E-state index contributed by atoms with van der Waals surface area (Å²) in [6, 6.07) is 8.54. The molecule has 0 unspecified atom stereocenters. The number of hydrogen-bond acceptors (Lipinski definition) is 6. The van der Waals surface area contributed by atoms with E-state index in [-0.39, 0.29) is 13.4 Å². The van der Waals surface area contributed by atoms with Crippen molar-refractivity contribution in [3.8, 4) is 23.3 Å². The van der Waals surface area contributed by atoms with Gasteiger partial charge in [-0.3, -0.25) is 4.79 Å². The number of carbonyl (C=O) groups excluding carboxylic acids is 1. The molecule has 0 amide bonds. The molecule has 0 bridgehead atoms. The van der Waals surface area contributed by atoms with E-state index < -0.39 is 0 Å². The molecule has 6 heteroatoms. The van der Waals surface area contributed by atoms with Gasteiger partial charge < -0.3 is 14.2 Å². The Balaban J connectivity index is 1.81. The average molecular weight is 282 g/mol. The van der Waals surface area contributed by atoms with Crippen molar-refractivity contribution in [1.82, 2.24) is 4.98 Å². The highest BCUT2D eigenvalue weighted by Crippen LogP contribution is 2.37. The minimum atomic E-state index is 0.132. The molecular formula is C15H10N2O4. The number of pyridine rings is 1. The molecule has 0 atom stereocenters. The Kier molecular flexibility index (Phi) is 3.39. The lowest BCUT2D eigenvalue weighted by Crippen LogP contribution is -1.99. The highest BCUT2D eigenvalue weighted by Gasteiger charge is 2.18. The topological polar surface area (TPSA) is 81.4 Å². The summed E-state index contributed by atoms with van der Waals surface area (Å²) in [4.78, 5) is 15.0. The van der Waals surface area contributed by atoms with Crippen LogP contribution in [-0.2, 0) is 6.61 Å². The van der Waals surface area contributed by atoms with Gasteiger partial charge in [0, 0.05) is 12.3 Å². The molecule has 1 aromatic carbocycles. The molecule has 0 saturated carbocycles. The van der Waals surface area contributed by atoms with Gasteiger partial charge in [-0.05, 0) is 23.8 Å². The van der Waals surface area contributed by atoms with Crippen LogP contribution in [-0.4, -0.2) is 18.1 Å². The predicted molar refractivity (Wildman–Crippen MR) is 71.2 cm³/mol. The van der Waals surface area contributed by atoms with Crippen LogP contribution in [0.4, 0.5) is 0 Å². The number of rotatable bonds is 4. The molecule has 104 valence electrons. The van der Waals surface area contributed by atoms with Crippen molar-refractivity contribution in [2.45, 2.75) is 6.61 Å². The second-order valence-electron chi connectivity index (χ2n) is 4.31. The fourth-order valence-corrected chi connectivity index (χ4v) is 1.94. The normalized spacial score (nSPS) is 11.8. The van der Waals surface area contributed by atoms with Gasteiger partial charge in [0.2, 0.25) is 6.79 Å². The van der Waals surface area contributed by atoms with Crippen molar-refractivity contribution in [2.24, 2.45) is 0 Å². The number of aldehydes is 1. The Morgan fingerprint density at radius 2 is 2.14 bits per heavy atom. The first-order valence-corrected chi connectivity index (χ1v) is 6.17. The van der Waals surface area contributed by atoms with Gasteiger partial charge in [-0.1, -0.05) is 0 Å². The van der Waals surface area contributed by atoms with Gasteiger partial charge >= 0.3 is 0 Å². The Hall–Kier alpha value is -3.07. The maximum Gasteiger partial charge on any atom is 0.231 e. The number of aromatic nitrogens is 1. The predicted octanol–water partition coefficient (Wildman–Crippen LogP) is 2.07. The van der Waals surface area contributed by atoms with Crippen molar-refractivity contribution in [3.63, 3.8) is 0 Å². The van der Waals surface area contributed by atoms with Gasteiger partial charge in [0.25, 0.3) is 0 Å². The number of nitrogens with zero attached hydrogens (tertiary/aromatic N) is 2. The summed E-state index contributed by atoms with van der Waals surface area (Å²) < 4.78 is 16.1. The molecule has 6 nitrogen and oxygen atoms in total. The number of hydrogen-bond donors (Lipinski definition) is 0. The fraction of sp³-hybridized carbons (Fsp3) is 0.133. The highest BCUT2D eigenvalue weighted by atomic mass is 16.7. The molecule has 0 spiro atoms. The number of fused-ring (bicyclic) bond motifs is 1. The molecule has 0 saturated heterocycles. The van der Waals surface area contributed by atoms with E-state index >= 15 is 0 Å². The standard InChI is InChI=1S/C15H10N2O4/c16-6-12-3-10(1-2-17-12)8-19-13-5-15-14(20-9-21-15)4-11(13)7-18/h1-5,7H,8-9H2. The molecule has 1 aromatic heterocycles. The van der Waals surface area contributed by atoms with Crippen LogP contribution < -0.4 is 14.2 Å². The number of ether oxygens (including phenoxy) is 3. The van der Waals surface area contributed by atoms with E-state index in [4.69, 9.17) is 19.5 Å². The Morgan fingerprint density at radius 1 is 1.33 bits per heavy atom. The van der Waals surface area contributed by atoms with Crippen LogP contribution in [0.5, 0.6) is 17.2 Å². The van der Waals surface area contributed by atoms with Crippen LogP contribution in [0.25, 0.3) is 0 Å². The quantitative estimate of drug-likeness (QED) is 0.798. The number of carbonyl (C=O) groups is 1. The summed E-state index contributed by atoms with van der Waals surface area (Å²) in [7, 11) is 0. The third-order valence-corrected chi connectivity index (χ3v) is 2.97. The van der Waals surface area contributed by atoms with Crippen molar-refractivity contribution >= 4 is 6.29 Å². The molecule has 0 fully saturated rings. The zero-order chi connectivity index (χ0) is 14.7. The lowest BCUT2D eigenvalue weighted by atomic mass is 10.2. The molecule has 0 aliphatic carbocycles. The van der Waals surface area contributed by atoms with Gasteiger partial charge in [-0.2, -0.15) is 5.26 Å². The molecule has 2 aromatic rings. The van der Waals surface area contributed by atoms with Crippen molar-refractivity contribution in [1.29, 1.82) is 5.26 Å². The highest BCUT2D eigenvalue weighted by molar-refractivity contribution is 5.81. The van der Waals surface area contributed by atoms with E-state index in [0.29, 0.717) is 34.8 Å². The number of benzene rings is 1. The first-order chi connectivity index (χ1) is 10.3. The van der Waals surface area contributed by atoms with Gasteiger partial charge in [0.05, 0.1) is 5.56 Å². The molecule has 1 aliphatic rings. The molecule has 3 rings (SSSR count). The van der Waals surface area contributed by atoms with Gasteiger partial charge in [0.15, 0.2) is 17.8 Å². The van der Waals surface area contributed by atoms with Crippen LogP contribution in [0.15, 0.2) is 30.5 Å². The van der Waals surface area contributed by atoms with E-state index in [9.17, 15) is 4.79 Å². The summed E-state index contributed by atoms with van der Waals surface area (Å²) >= 11 is 0. The third kappa shape index (κ3) is 2.62. The minimum absolute atomic E-state index is 0.132. The number of nitriles is 1. The smallest absolute Gasteiger partial charge is 0.231 e. The molecular weight excluding hydrogens is 272 g/mol. The fourth-order valence-electron chi connectivity index (χ4n) is 1.94. The Bertz CT molecular complexity index is 737. The lowest BCUT2D eigenvalue weighted by Gasteiger charge is -2.09. The lowest BCUT2D eigenvalue weighted by molar-refractivity contribution is 0.111. The minimum Gasteiger partial charge on any atom is -0.488 e. The molecule has 21 heavy (non-hydrogen) atoms. The van der Waals surface area contributed by atoms with Crippen molar-refractivity contribution in [3.05, 3.63) is 47.3 Å². The SMILES string of the molecule is N#Cc1cc(COc2cc3c(cc2C=O)OCO3)ccn1. The summed E-state index contributed by atoms with van der Waals surface area (Å²) in [5, 5.41) is 8.81. The second-order valence-corrected chi connectivity index (χ2v) is 4.31. The van der Waals surface area contributed by atoms with Crippen LogP contribution in [0.3, 0.4) is 0 Å². The first-order valence-electron chi connectivity index (χ1n) is 6.17. The van der Waals surface area contributed by atoms with E-state index in [1.165, 1.54) is 6.20 Å². The van der Waals surface area contributed by atoms with Gasteiger partial charge in [-0.25, -0.2) is 4.98 Å². The summed E-state index contributed by atoms with van der Waals surface area (Å²) in [6.07, 6.45) is 2.24. The molecule has 0 radical (unpaired) electrons. The summed E-state index contributed by atoms with van der Waals surface area (Å²) in [6.45, 7) is 0.352. The van der Waals surface area contributed by atoms with E-state index in [1.54, 1.807) is 24.3 Å². The van der Waals surface area contributed by atoms with Crippen molar-refractivity contribution in [2.75, 3.05) is 6.79 Å². The largest absolute Gasteiger partial charge is 0.488 e. The third-order valence-electron chi connectivity index (χ3n) is 2.97. The zero-order valence-electron chi connectivity index (χ0n) is 10.9. The monoisotopic (exact) mass is 282 g/mol. The maximum absolute atomic E-state index is 11.1. The van der Waals surface area contributed by atoms with E-state index in [2.05, 4.69) is 4.98 Å². The Labute approximate surface area is 120 Å². The van der Waals surface area contributed by atoms with Gasteiger partial charge in [0.1, 0.15) is 24.1 Å². The van der Waals surface area contributed by atoms with Crippen molar-refractivity contribution < 1.29 is 19.0 Å². The Morgan fingerprint density at radius 3 is 2.90 bits per heavy atom. The van der Waals surface area contributed by atoms with E-state index in [1.807, 2.05) is 6.07 Å². The average Bonchev–Trinajstić information content (AvgIpc) is 2.99. The second kappa shape index (κ2) is 5.51. The summed E-state index contributed by atoms with van der Waals surface area (Å²) in [5.41, 5.74) is 1.49. The summed E-state index contributed by atoms with van der Waals surface area (Å²) in [5.74, 6) is 1.48. The van der Waals surface area contributed by atoms with Crippen LogP contribution in [0.1, 0.15) is 21.6 Å². The maximum atomic E-state index is 11.1.